The number of halogens is 1. The monoisotopic (exact) mass is 553 g/mol. The summed E-state index contributed by atoms with van der Waals surface area (Å²) in [6.07, 6.45) is 0.574. The van der Waals surface area contributed by atoms with E-state index in [9.17, 15) is 29.2 Å². The Morgan fingerprint density at radius 2 is 1.65 bits per heavy atom. The van der Waals surface area contributed by atoms with Crippen molar-refractivity contribution >= 4 is 23.4 Å². The Morgan fingerprint density at radius 3 is 2.25 bits per heavy atom. The number of urea groups is 1. The number of carboxylic acids is 1. The molecule has 0 fully saturated rings. The Labute approximate surface area is 231 Å². The lowest BCUT2D eigenvalue weighted by atomic mass is 10.1. The normalized spacial score (nSPS) is 11.4. The molecule has 0 heterocycles. The number of carbonyl (C=O) groups is 2. The molecular weight excluding hydrogens is 521 g/mol. The number of carboxylic acid groups (broad SMARTS) is 1. The third-order valence-electron chi connectivity index (χ3n) is 6.04. The predicted octanol–water partition coefficient (Wildman–Crippen LogP) is 5.31. The van der Waals surface area contributed by atoms with Crippen molar-refractivity contribution in [3.05, 3.63) is 99.9 Å². The first-order valence-corrected chi connectivity index (χ1v) is 12.9. The van der Waals surface area contributed by atoms with Gasteiger partial charge in [-0.2, -0.15) is 0 Å². The van der Waals surface area contributed by atoms with Crippen LogP contribution in [0.5, 0.6) is 5.75 Å². The number of hydrogen-bond acceptors (Lipinski definition) is 6. The molecule has 0 aliphatic heterocycles. The summed E-state index contributed by atoms with van der Waals surface area (Å²) in [7, 11) is 0. The number of benzene rings is 3. The van der Waals surface area contributed by atoms with Gasteiger partial charge in [-0.3, -0.25) is 10.1 Å². The SMILES string of the molecule is CCOC(Cc1ccc(OCCN(CCCc2ccc(F)cc2)C(=O)Nc2ccc([N+](=O)[O-])cc2)cc1)C(=O)O. The molecule has 2 amide bonds. The van der Waals surface area contributed by atoms with Crippen LogP contribution >= 0.6 is 0 Å². The second-order valence-electron chi connectivity index (χ2n) is 8.93. The molecule has 1 unspecified atom stereocenters. The van der Waals surface area contributed by atoms with Crippen molar-refractivity contribution in [2.75, 3.05) is 31.6 Å². The average Bonchev–Trinajstić information content (AvgIpc) is 2.94. The van der Waals surface area contributed by atoms with Crippen molar-refractivity contribution in [1.29, 1.82) is 0 Å². The highest BCUT2D eigenvalue weighted by Gasteiger charge is 2.18. The number of nitro benzene ring substituents is 1. The van der Waals surface area contributed by atoms with Gasteiger partial charge in [0.1, 0.15) is 18.2 Å². The van der Waals surface area contributed by atoms with Crippen molar-refractivity contribution in [1.82, 2.24) is 4.90 Å². The maximum atomic E-state index is 13.2. The zero-order chi connectivity index (χ0) is 28.9. The van der Waals surface area contributed by atoms with Crippen LogP contribution in [0.15, 0.2) is 72.8 Å². The van der Waals surface area contributed by atoms with Crippen LogP contribution in [0.3, 0.4) is 0 Å². The molecule has 0 radical (unpaired) electrons. The Kier molecular flexibility index (Phi) is 11.4. The van der Waals surface area contributed by atoms with E-state index >= 15 is 0 Å². The van der Waals surface area contributed by atoms with E-state index in [1.54, 1.807) is 48.2 Å². The van der Waals surface area contributed by atoms with Gasteiger partial charge in [-0.15, -0.1) is 0 Å². The van der Waals surface area contributed by atoms with E-state index in [1.165, 1.54) is 36.4 Å². The van der Waals surface area contributed by atoms with Gasteiger partial charge in [0.2, 0.25) is 0 Å². The topological polar surface area (TPSA) is 131 Å². The van der Waals surface area contributed by atoms with Crippen LogP contribution in [0.25, 0.3) is 0 Å². The summed E-state index contributed by atoms with van der Waals surface area (Å²) in [5.41, 5.74) is 2.08. The van der Waals surface area contributed by atoms with E-state index in [0.717, 1.165) is 11.1 Å². The molecule has 0 aliphatic rings. The van der Waals surface area contributed by atoms with Gasteiger partial charge in [0.15, 0.2) is 6.10 Å². The second-order valence-corrected chi connectivity index (χ2v) is 8.93. The third kappa shape index (κ3) is 9.66. The number of non-ortho nitro benzene ring substituents is 1. The zero-order valence-corrected chi connectivity index (χ0v) is 22.1. The smallest absolute Gasteiger partial charge is 0.333 e. The summed E-state index contributed by atoms with van der Waals surface area (Å²) in [5.74, 6) is -0.767. The lowest BCUT2D eigenvalue weighted by Gasteiger charge is -2.23. The molecule has 2 N–H and O–H groups in total. The average molecular weight is 554 g/mol. The van der Waals surface area contributed by atoms with Gasteiger partial charge < -0.3 is 24.8 Å². The van der Waals surface area contributed by atoms with Crippen molar-refractivity contribution < 1.29 is 33.5 Å². The van der Waals surface area contributed by atoms with Crippen LogP contribution < -0.4 is 10.1 Å². The van der Waals surface area contributed by atoms with E-state index in [1.807, 2.05) is 0 Å². The van der Waals surface area contributed by atoms with Crippen LogP contribution in [0.4, 0.5) is 20.6 Å². The maximum Gasteiger partial charge on any atom is 0.333 e. The summed E-state index contributed by atoms with van der Waals surface area (Å²) in [4.78, 5) is 36.3. The Morgan fingerprint density at radius 1 is 1.00 bits per heavy atom. The maximum absolute atomic E-state index is 13.2. The quantitative estimate of drug-likeness (QED) is 0.193. The van der Waals surface area contributed by atoms with Crippen LogP contribution in [0.1, 0.15) is 24.5 Å². The van der Waals surface area contributed by atoms with Crippen molar-refractivity contribution in [3.8, 4) is 5.75 Å². The van der Waals surface area contributed by atoms with Gasteiger partial charge in [-0.25, -0.2) is 14.0 Å². The molecule has 0 saturated carbocycles. The van der Waals surface area contributed by atoms with Crippen LogP contribution in [0, 0.1) is 15.9 Å². The summed E-state index contributed by atoms with van der Waals surface area (Å²) < 4.78 is 24.3. The first kappa shape index (κ1) is 30.0. The van der Waals surface area contributed by atoms with Crippen molar-refractivity contribution in [2.24, 2.45) is 0 Å². The molecule has 11 heteroatoms. The number of nitrogens with zero attached hydrogens (tertiary/aromatic N) is 2. The number of nitro groups is 1. The fourth-order valence-corrected chi connectivity index (χ4v) is 3.94. The fraction of sp³-hybridized carbons (Fsp3) is 0.310. The third-order valence-corrected chi connectivity index (χ3v) is 6.04. The number of ether oxygens (including phenoxy) is 2. The molecule has 3 aromatic rings. The van der Waals surface area contributed by atoms with E-state index in [-0.39, 0.29) is 37.1 Å². The summed E-state index contributed by atoms with van der Waals surface area (Å²) in [6.45, 7) is 2.89. The molecule has 10 nitrogen and oxygen atoms in total. The number of aryl methyl sites for hydroxylation is 1. The molecule has 0 aromatic heterocycles. The highest BCUT2D eigenvalue weighted by Crippen LogP contribution is 2.17. The fourth-order valence-electron chi connectivity index (χ4n) is 3.94. The number of rotatable bonds is 15. The summed E-state index contributed by atoms with van der Waals surface area (Å²) in [6, 6.07) is 18.4. The summed E-state index contributed by atoms with van der Waals surface area (Å²) in [5, 5.41) is 22.9. The van der Waals surface area contributed by atoms with E-state index in [2.05, 4.69) is 5.32 Å². The molecule has 0 saturated heterocycles. The van der Waals surface area contributed by atoms with Gasteiger partial charge in [-0.1, -0.05) is 24.3 Å². The van der Waals surface area contributed by atoms with Gasteiger partial charge in [-0.05, 0) is 67.3 Å². The molecule has 0 spiro atoms. The van der Waals surface area contributed by atoms with E-state index in [4.69, 9.17) is 9.47 Å². The summed E-state index contributed by atoms with van der Waals surface area (Å²) >= 11 is 0. The highest BCUT2D eigenvalue weighted by atomic mass is 19.1. The van der Waals surface area contributed by atoms with Gasteiger partial charge in [0, 0.05) is 37.4 Å². The molecule has 3 rings (SSSR count). The predicted molar refractivity (Wildman–Crippen MR) is 147 cm³/mol. The zero-order valence-electron chi connectivity index (χ0n) is 22.1. The number of carbonyl (C=O) groups excluding carboxylic acids is 1. The number of amides is 2. The second kappa shape index (κ2) is 15.2. The molecule has 1 atom stereocenters. The molecule has 40 heavy (non-hydrogen) atoms. The number of aliphatic carboxylic acids is 1. The largest absolute Gasteiger partial charge is 0.492 e. The number of anilines is 1. The number of nitrogens with one attached hydrogen (secondary N) is 1. The Hall–Kier alpha value is -4.51. The van der Waals surface area contributed by atoms with Crippen LogP contribution in [0.2, 0.25) is 0 Å². The van der Waals surface area contributed by atoms with Crippen molar-refractivity contribution in [3.63, 3.8) is 0 Å². The Balaban J connectivity index is 1.58. The number of hydrogen-bond donors (Lipinski definition) is 2. The minimum absolute atomic E-state index is 0.0788. The minimum Gasteiger partial charge on any atom is -0.492 e. The molecular formula is C29H32FN3O7. The minimum atomic E-state index is -1.02. The van der Waals surface area contributed by atoms with E-state index < -0.39 is 17.0 Å². The highest BCUT2D eigenvalue weighted by molar-refractivity contribution is 5.89. The molecule has 3 aromatic carbocycles. The van der Waals surface area contributed by atoms with Crippen molar-refractivity contribution in [2.45, 2.75) is 32.3 Å². The van der Waals surface area contributed by atoms with Gasteiger partial charge >= 0.3 is 12.0 Å². The molecule has 0 bridgehead atoms. The lowest BCUT2D eigenvalue weighted by molar-refractivity contribution is -0.384. The Bertz CT molecular complexity index is 1250. The molecule has 212 valence electrons. The van der Waals surface area contributed by atoms with E-state index in [0.29, 0.717) is 37.4 Å². The van der Waals surface area contributed by atoms with Gasteiger partial charge in [0.25, 0.3) is 5.69 Å². The molecule has 0 aliphatic carbocycles. The van der Waals surface area contributed by atoms with Gasteiger partial charge in [0.05, 0.1) is 11.5 Å². The first-order chi connectivity index (χ1) is 19.2. The standard InChI is InChI=1S/C29H32FN3O7/c1-2-39-27(28(34)35)20-22-7-15-26(16-8-22)40-19-18-32(17-3-4-21-5-9-23(30)10-6-21)29(36)31-24-11-13-25(14-12-24)33(37)38/h5-16,27H,2-4,17-20H2,1H3,(H,31,36)(H,34,35). The lowest BCUT2D eigenvalue weighted by Crippen LogP contribution is -2.38. The van der Waals surface area contributed by atoms with Crippen LogP contribution in [-0.4, -0.2) is 59.3 Å². The first-order valence-electron chi connectivity index (χ1n) is 12.9. The van der Waals surface area contributed by atoms with Crippen LogP contribution in [-0.2, 0) is 22.4 Å².